The first kappa shape index (κ1) is 12.8. The lowest BCUT2D eigenvalue weighted by Gasteiger charge is -2.35. The quantitative estimate of drug-likeness (QED) is 0.817. The Morgan fingerprint density at radius 3 is 2.72 bits per heavy atom. The number of Topliss-reactive ketones (excluding diaryl/α,β-unsaturated/α-hetero) is 1. The third-order valence-corrected chi connectivity index (χ3v) is 3.59. The van der Waals surface area contributed by atoms with Crippen LogP contribution in [0.4, 0.5) is 0 Å². The molecule has 0 saturated carbocycles. The van der Waals surface area contributed by atoms with E-state index in [9.17, 15) is 4.79 Å². The molecule has 1 fully saturated rings. The van der Waals surface area contributed by atoms with E-state index < -0.39 is 5.92 Å². The molecule has 1 aromatic rings. The van der Waals surface area contributed by atoms with E-state index in [1.807, 2.05) is 25.1 Å². The van der Waals surface area contributed by atoms with Gasteiger partial charge in [0.1, 0.15) is 5.92 Å². The molecule has 0 spiro atoms. The van der Waals surface area contributed by atoms with E-state index in [4.69, 9.17) is 5.26 Å². The van der Waals surface area contributed by atoms with Crippen LogP contribution in [0.3, 0.4) is 0 Å². The van der Waals surface area contributed by atoms with Crippen molar-refractivity contribution >= 4 is 5.78 Å². The van der Waals surface area contributed by atoms with E-state index in [0.717, 1.165) is 19.5 Å². The van der Waals surface area contributed by atoms with Gasteiger partial charge in [-0.15, -0.1) is 0 Å². The molecule has 2 unspecified atom stereocenters. The fourth-order valence-corrected chi connectivity index (χ4v) is 2.60. The number of benzene rings is 1. The van der Waals surface area contributed by atoms with E-state index in [0.29, 0.717) is 6.42 Å². The van der Waals surface area contributed by atoms with Crippen LogP contribution in [-0.4, -0.2) is 23.3 Å². The Labute approximate surface area is 108 Å². The fourth-order valence-electron chi connectivity index (χ4n) is 2.60. The Morgan fingerprint density at radius 2 is 2.11 bits per heavy atom. The minimum atomic E-state index is -0.401. The average Bonchev–Trinajstić information content (AvgIpc) is 2.40. The van der Waals surface area contributed by atoms with Crippen molar-refractivity contribution in [2.45, 2.75) is 32.4 Å². The van der Waals surface area contributed by atoms with E-state index >= 15 is 0 Å². The Kier molecular flexibility index (Phi) is 4.11. The number of hydrogen-bond donors (Lipinski definition) is 0. The largest absolute Gasteiger partial charge is 0.296 e. The molecule has 0 radical (unpaired) electrons. The van der Waals surface area contributed by atoms with Crippen LogP contribution in [0.5, 0.6) is 0 Å². The number of likely N-dealkylation sites (tertiary alicyclic amines) is 1. The first-order valence-electron chi connectivity index (χ1n) is 6.47. The summed E-state index contributed by atoms with van der Waals surface area (Å²) in [6.45, 7) is 3.64. The number of rotatable bonds is 3. The summed E-state index contributed by atoms with van der Waals surface area (Å²) < 4.78 is 0. The molecule has 3 heteroatoms. The van der Waals surface area contributed by atoms with Gasteiger partial charge in [0.25, 0.3) is 0 Å². The molecule has 0 aliphatic carbocycles. The summed E-state index contributed by atoms with van der Waals surface area (Å²) in [6, 6.07) is 12.2. The number of hydrogen-bond acceptors (Lipinski definition) is 3. The maximum Gasteiger partial charge on any atom is 0.167 e. The van der Waals surface area contributed by atoms with Gasteiger partial charge in [-0.25, -0.2) is 0 Å². The number of nitrogens with zero attached hydrogens (tertiary/aromatic N) is 2. The summed E-state index contributed by atoms with van der Waals surface area (Å²) in [5.74, 6) is -0.302. The number of nitriles is 1. The van der Waals surface area contributed by atoms with Gasteiger partial charge in [0.2, 0.25) is 0 Å². The minimum absolute atomic E-state index is 0.0939. The van der Waals surface area contributed by atoms with Crippen LogP contribution in [0.2, 0.25) is 0 Å². The predicted molar refractivity (Wildman–Crippen MR) is 69.7 cm³/mol. The maximum absolute atomic E-state index is 12.1. The number of piperidine rings is 1. The van der Waals surface area contributed by atoms with Crippen molar-refractivity contribution in [2.75, 3.05) is 6.54 Å². The molecule has 1 aliphatic rings. The second-order valence-electron chi connectivity index (χ2n) is 4.75. The molecular weight excluding hydrogens is 224 g/mol. The highest BCUT2D eigenvalue weighted by Gasteiger charge is 2.35. The number of ketones is 1. The average molecular weight is 242 g/mol. The van der Waals surface area contributed by atoms with Crippen molar-refractivity contribution in [1.29, 1.82) is 5.26 Å². The summed E-state index contributed by atoms with van der Waals surface area (Å²) in [6.07, 6.45) is 1.45. The molecule has 1 heterocycles. The zero-order valence-electron chi connectivity index (χ0n) is 10.7. The van der Waals surface area contributed by atoms with Crippen molar-refractivity contribution in [3.8, 4) is 6.07 Å². The van der Waals surface area contributed by atoms with E-state index in [-0.39, 0.29) is 11.8 Å². The molecular formula is C15H18N2O. The normalized spacial score (nSPS) is 24.8. The Balaban J connectivity index is 2.10. The highest BCUT2D eigenvalue weighted by Crippen LogP contribution is 2.23. The third kappa shape index (κ3) is 2.60. The van der Waals surface area contributed by atoms with Crippen molar-refractivity contribution in [3.63, 3.8) is 0 Å². The van der Waals surface area contributed by atoms with Crippen LogP contribution in [0.15, 0.2) is 30.3 Å². The highest BCUT2D eigenvalue weighted by atomic mass is 16.1. The van der Waals surface area contributed by atoms with Gasteiger partial charge in [-0.1, -0.05) is 37.3 Å². The van der Waals surface area contributed by atoms with Gasteiger partial charge in [-0.05, 0) is 18.4 Å². The molecule has 94 valence electrons. The van der Waals surface area contributed by atoms with Crippen LogP contribution < -0.4 is 0 Å². The molecule has 3 nitrogen and oxygen atoms in total. The molecule has 1 aromatic carbocycles. The highest BCUT2D eigenvalue weighted by molar-refractivity contribution is 5.89. The number of carbonyl (C=O) groups excluding carboxylic acids is 1. The Bertz CT molecular complexity index is 449. The molecule has 0 N–H and O–H groups in total. The smallest absolute Gasteiger partial charge is 0.167 e. The zero-order valence-corrected chi connectivity index (χ0v) is 10.7. The van der Waals surface area contributed by atoms with Crippen molar-refractivity contribution in [1.82, 2.24) is 4.90 Å². The zero-order chi connectivity index (χ0) is 13.0. The molecule has 1 saturated heterocycles. The molecule has 2 rings (SSSR count). The first-order chi connectivity index (χ1) is 8.76. The molecule has 18 heavy (non-hydrogen) atoms. The van der Waals surface area contributed by atoms with E-state index in [1.165, 1.54) is 5.56 Å². The maximum atomic E-state index is 12.1. The van der Waals surface area contributed by atoms with E-state index in [1.54, 1.807) is 0 Å². The van der Waals surface area contributed by atoms with Crippen LogP contribution in [0, 0.1) is 17.2 Å². The van der Waals surface area contributed by atoms with Crippen LogP contribution >= 0.6 is 0 Å². The van der Waals surface area contributed by atoms with Gasteiger partial charge in [0.05, 0.1) is 12.1 Å². The molecule has 0 aromatic heterocycles. The number of carbonyl (C=O) groups is 1. The van der Waals surface area contributed by atoms with Crippen LogP contribution in [0.1, 0.15) is 25.3 Å². The Morgan fingerprint density at radius 1 is 1.39 bits per heavy atom. The minimum Gasteiger partial charge on any atom is -0.296 e. The molecule has 0 amide bonds. The summed E-state index contributed by atoms with van der Waals surface area (Å²) in [5.41, 5.74) is 1.22. The van der Waals surface area contributed by atoms with Gasteiger partial charge >= 0.3 is 0 Å². The second-order valence-corrected chi connectivity index (χ2v) is 4.75. The lowest BCUT2D eigenvalue weighted by Crippen LogP contribution is -2.48. The van der Waals surface area contributed by atoms with Crippen molar-refractivity contribution in [3.05, 3.63) is 35.9 Å². The van der Waals surface area contributed by atoms with E-state index in [2.05, 4.69) is 23.1 Å². The van der Waals surface area contributed by atoms with Crippen molar-refractivity contribution in [2.24, 2.45) is 5.92 Å². The van der Waals surface area contributed by atoms with Gasteiger partial charge in [0.15, 0.2) is 5.78 Å². The summed E-state index contributed by atoms with van der Waals surface area (Å²) >= 11 is 0. The van der Waals surface area contributed by atoms with Gasteiger partial charge in [0, 0.05) is 13.1 Å². The third-order valence-electron chi connectivity index (χ3n) is 3.59. The monoisotopic (exact) mass is 242 g/mol. The fraction of sp³-hybridized carbons (Fsp3) is 0.467. The predicted octanol–water partition coefficient (Wildman–Crippen LogP) is 2.38. The van der Waals surface area contributed by atoms with Gasteiger partial charge in [-0.3, -0.25) is 9.69 Å². The first-order valence-corrected chi connectivity index (χ1v) is 6.47. The SMILES string of the molecule is CCC1C(=O)C(C#N)CCN1Cc1ccccc1. The van der Waals surface area contributed by atoms with Crippen molar-refractivity contribution < 1.29 is 4.79 Å². The second kappa shape index (κ2) is 5.79. The molecule has 2 atom stereocenters. The van der Waals surface area contributed by atoms with Crippen LogP contribution in [-0.2, 0) is 11.3 Å². The standard InChI is InChI=1S/C15H18N2O/c1-2-14-15(18)13(10-16)8-9-17(14)11-12-6-4-3-5-7-12/h3-7,13-14H,2,8-9,11H2,1H3. The summed E-state index contributed by atoms with van der Waals surface area (Å²) in [7, 11) is 0. The Hall–Kier alpha value is -1.66. The topological polar surface area (TPSA) is 44.1 Å². The van der Waals surface area contributed by atoms with Gasteiger partial charge < -0.3 is 0 Å². The molecule has 1 aliphatic heterocycles. The summed E-state index contributed by atoms with van der Waals surface area (Å²) in [5, 5.41) is 8.96. The lowest BCUT2D eigenvalue weighted by molar-refractivity contribution is -0.130. The summed E-state index contributed by atoms with van der Waals surface area (Å²) in [4.78, 5) is 14.3. The lowest BCUT2D eigenvalue weighted by atomic mass is 9.89. The molecule has 0 bridgehead atoms. The van der Waals surface area contributed by atoms with Gasteiger partial charge in [-0.2, -0.15) is 5.26 Å². The van der Waals surface area contributed by atoms with Crippen LogP contribution in [0.25, 0.3) is 0 Å².